The number of allylic oxidation sites excluding steroid dienone is 1. The van der Waals surface area contributed by atoms with Crippen LogP contribution in [-0.2, 0) is 11.2 Å². The number of fused-ring (bicyclic) bond motifs is 1. The van der Waals surface area contributed by atoms with Crippen LogP contribution < -0.4 is 15.5 Å². The molecule has 2 N–H and O–H groups in total. The number of hydrogen-bond donors (Lipinski definition) is 2. The lowest BCUT2D eigenvalue weighted by molar-refractivity contribution is -0.115. The van der Waals surface area contributed by atoms with Crippen LogP contribution in [0.25, 0.3) is 0 Å². The van der Waals surface area contributed by atoms with Crippen LogP contribution in [0, 0.1) is 12.3 Å². The first-order chi connectivity index (χ1) is 10.5. The SMILES string of the molecule is C#CC(=C)C1=CN(c2ccc3c(c2)CC(=O)N3)C(=O)NC1=C. The molecule has 0 atom stereocenters. The Hall–Kier alpha value is -3.26. The second kappa shape index (κ2) is 4.93. The Labute approximate surface area is 128 Å². The summed E-state index contributed by atoms with van der Waals surface area (Å²) in [6, 6.07) is 4.99. The summed E-state index contributed by atoms with van der Waals surface area (Å²) >= 11 is 0. The molecule has 5 nitrogen and oxygen atoms in total. The van der Waals surface area contributed by atoms with Gasteiger partial charge in [0.15, 0.2) is 0 Å². The Morgan fingerprint density at radius 3 is 2.82 bits per heavy atom. The average molecular weight is 291 g/mol. The molecule has 0 fully saturated rings. The van der Waals surface area contributed by atoms with Crippen LogP contribution in [0.15, 0.2) is 54.4 Å². The van der Waals surface area contributed by atoms with Gasteiger partial charge in [0.2, 0.25) is 5.91 Å². The van der Waals surface area contributed by atoms with E-state index in [4.69, 9.17) is 6.42 Å². The lowest BCUT2D eigenvalue weighted by atomic mass is 10.0. The van der Waals surface area contributed by atoms with Gasteiger partial charge >= 0.3 is 6.03 Å². The molecular weight excluding hydrogens is 278 g/mol. The van der Waals surface area contributed by atoms with Crippen molar-refractivity contribution in [2.45, 2.75) is 6.42 Å². The van der Waals surface area contributed by atoms with Gasteiger partial charge in [0.25, 0.3) is 0 Å². The first-order valence-corrected chi connectivity index (χ1v) is 6.59. The number of anilines is 2. The third-order valence-corrected chi connectivity index (χ3v) is 3.55. The van der Waals surface area contributed by atoms with Gasteiger partial charge in [-0.2, -0.15) is 0 Å². The fourth-order valence-corrected chi connectivity index (χ4v) is 2.42. The van der Waals surface area contributed by atoms with E-state index < -0.39 is 0 Å². The normalized spacial score (nSPS) is 16.4. The largest absolute Gasteiger partial charge is 0.330 e. The molecule has 3 amide bonds. The lowest BCUT2D eigenvalue weighted by Crippen LogP contribution is -2.40. The van der Waals surface area contributed by atoms with Crippen LogP contribution in [0.2, 0.25) is 0 Å². The van der Waals surface area contributed by atoms with Gasteiger partial charge in [0.1, 0.15) is 0 Å². The van der Waals surface area contributed by atoms with Crippen LogP contribution in [0.3, 0.4) is 0 Å². The minimum Gasteiger partial charge on any atom is -0.326 e. The van der Waals surface area contributed by atoms with Gasteiger partial charge in [-0.1, -0.05) is 19.1 Å². The number of urea groups is 1. The zero-order chi connectivity index (χ0) is 15.9. The second-order valence-electron chi connectivity index (χ2n) is 5.01. The number of benzene rings is 1. The van der Waals surface area contributed by atoms with E-state index in [1.807, 2.05) is 0 Å². The molecule has 0 unspecified atom stereocenters. The summed E-state index contributed by atoms with van der Waals surface area (Å²) in [4.78, 5) is 25.0. The van der Waals surface area contributed by atoms with E-state index in [2.05, 4.69) is 29.7 Å². The van der Waals surface area contributed by atoms with Gasteiger partial charge in [0.05, 0.1) is 12.1 Å². The van der Waals surface area contributed by atoms with E-state index in [0.717, 1.165) is 11.3 Å². The van der Waals surface area contributed by atoms with Crippen LogP contribution in [0.5, 0.6) is 0 Å². The Balaban J connectivity index is 2.02. The first kappa shape index (κ1) is 13.7. The first-order valence-electron chi connectivity index (χ1n) is 6.59. The Bertz CT molecular complexity index is 812. The molecule has 0 saturated carbocycles. The quantitative estimate of drug-likeness (QED) is 0.821. The van der Waals surface area contributed by atoms with Gasteiger partial charge in [-0.05, 0) is 23.8 Å². The van der Waals surface area contributed by atoms with Crippen molar-refractivity contribution in [2.75, 3.05) is 10.2 Å². The number of nitrogens with one attached hydrogen (secondary N) is 2. The summed E-state index contributed by atoms with van der Waals surface area (Å²) < 4.78 is 0. The molecule has 1 aromatic carbocycles. The molecular formula is C17H13N3O2. The van der Waals surface area contributed by atoms with Crippen molar-refractivity contribution in [3.8, 4) is 12.3 Å². The van der Waals surface area contributed by atoms with Gasteiger partial charge in [0, 0.05) is 28.7 Å². The summed E-state index contributed by atoms with van der Waals surface area (Å²) in [5.41, 5.74) is 3.72. The molecule has 3 rings (SSSR count). The number of amides is 3. The van der Waals surface area contributed by atoms with Gasteiger partial charge < -0.3 is 10.6 Å². The molecule has 22 heavy (non-hydrogen) atoms. The predicted octanol–water partition coefficient (Wildman–Crippen LogP) is 2.30. The zero-order valence-corrected chi connectivity index (χ0v) is 11.8. The highest BCUT2D eigenvalue weighted by Gasteiger charge is 2.25. The highest BCUT2D eigenvalue weighted by Crippen LogP contribution is 2.30. The minimum absolute atomic E-state index is 0.0550. The summed E-state index contributed by atoms with van der Waals surface area (Å²) in [6.07, 6.45) is 7.28. The summed E-state index contributed by atoms with van der Waals surface area (Å²) in [6.45, 7) is 7.54. The maximum atomic E-state index is 12.2. The molecule has 2 heterocycles. The number of carbonyl (C=O) groups excluding carboxylic acids is 2. The van der Waals surface area contributed by atoms with E-state index in [-0.39, 0.29) is 11.9 Å². The third-order valence-electron chi connectivity index (χ3n) is 3.55. The molecule has 0 aliphatic carbocycles. The summed E-state index contributed by atoms with van der Waals surface area (Å²) in [5.74, 6) is 2.39. The van der Waals surface area contributed by atoms with Crippen molar-refractivity contribution in [1.29, 1.82) is 0 Å². The van der Waals surface area contributed by atoms with Crippen LogP contribution in [0.1, 0.15) is 5.56 Å². The fraction of sp³-hybridized carbons (Fsp3) is 0.0588. The Morgan fingerprint density at radius 1 is 1.32 bits per heavy atom. The molecule has 0 saturated heterocycles. The molecule has 108 valence electrons. The third kappa shape index (κ3) is 2.17. The standard InChI is InChI=1S/C17H13N3O2/c1-4-10(2)14-9-20(17(22)18-11(14)3)13-5-6-15-12(7-13)8-16(21)19-15/h1,5-7,9H,2-3,8H2,(H,18,22)(H,19,21). The average Bonchev–Trinajstić information content (AvgIpc) is 2.85. The van der Waals surface area contributed by atoms with E-state index in [1.165, 1.54) is 4.90 Å². The van der Waals surface area contributed by atoms with Crippen LogP contribution in [0.4, 0.5) is 16.2 Å². The molecule has 5 heteroatoms. The predicted molar refractivity (Wildman–Crippen MR) is 85.0 cm³/mol. The van der Waals surface area contributed by atoms with E-state index in [0.29, 0.717) is 29.0 Å². The van der Waals surface area contributed by atoms with E-state index in [9.17, 15) is 9.59 Å². The lowest BCUT2D eigenvalue weighted by Gasteiger charge is -2.27. The van der Waals surface area contributed by atoms with Crippen LogP contribution in [-0.4, -0.2) is 11.9 Å². The van der Waals surface area contributed by atoms with Gasteiger partial charge in [-0.25, -0.2) is 4.79 Å². The van der Waals surface area contributed by atoms with Crippen molar-refractivity contribution in [3.05, 3.63) is 60.0 Å². The summed E-state index contributed by atoms with van der Waals surface area (Å²) in [5, 5.41) is 5.41. The molecule has 0 radical (unpaired) electrons. The van der Waals surface area contributed by atoms with Gasteiger partial charge in [-0.15, -0.1) is 6.42 Å². The highest BCUT2D eigenvalue weighted by atomic mass is 16.2. The van der Waals surface area contributed by atoms with Crippen LogP contribution >= 0.6 is 0 Å². The highest BCUT2D eigenvalue weighted by molar-refractivity contribution is 6.02. The monoisotopic (exact) mass is 291 g/mol. The Kier molecular flexibility index (Phi) is 3.08. The van der Waals surface area contributed by atoms with Crippen molar-refractivity contribution < 1.29 is 9.59 Å². The van der Waals surface area contributed by atoms with Crippen molar-refractivity contribution >= 4 is 23.3 Å². The maximum absolute atomic E-state index is 12.2. The minimum atomic E-state index is -0.337. The number of rotatable bonds is 2. The molecule has 0 aromatic heterocycles. The number of hydrogen-bond acceptors (Lipinski definition) is 2. The van der Waals surface area contributed by atoms with Gasteiger partial charge in [-0.3, -0.25) is 9.69 Å². The molecule has 2 aliphatic heterocycles. The zero-order valence-electron chi connectivity index (χ0n) is 11.8. The molecule has 2 aliphatic rings. The van der Waals surface area contributed by atoms with Crippen molar-refractivity contribution in [3.63, 3.8) is 0 Å². The smallest absolute Gasteiger partial charge is 0.326 e. The number of terminal acetylenes is 1. The molecule has 0 spiro atoms. The Morgan fingerprint density at radius 2 is 2.09 bits per heavy atom. The summed E-state index contributed by atoms with van der Waals surface area (Å²) in [7, 11) is 0. The fourth-order valence-electron chi connectivity index (χ4n) is 2.42. The van der Waals surface area contributed by atoms with Crippen molar-refractivity contribution in [2.24, 2.45) is 0 Å². The molecule has 0 bridgehead atoms. The van der Waals surface area contributed by atoms with Crippen molar-refractivity contribution in [1.82, 2.24) is 5.32 Å². The number of nitrogens with zero attached hydrogens (tertiary/aromatic N) is 1. The topological polar surface area (TPSA) is 61.4 Å². The maximum Gasteiger partial charge on any atom is 0.330 e. The molecule has 1 aromatic rings. The number of carbonyl (C=O) groups is 2. The van der Waals surface area contributed by atoms with E-state index in [1.54, 1.807) is 24.4 Å². The second-order valence-corrected chi connectivity index (χ2v) is 5.01. The van der Waals surface area contributed by atoms with E-state index >= 15 is 0 Å².